The third-order valence-corrected chi connectivity index (χ3v) is 9.52. The number of nitrogens with one attached hydrogen (secondary N) is 2. The molecule has 0 radical (unpaired) electrons. The molecule has 3 saturated heterocycles. The van der Waals surface area contributed by atoms with Crippen molar-refractivity contribution in [3.8, 4) is 0 Å². The van der Waals surface area contributed by atoms with Crippen LogP contribution in [-0.2, 0) is 16.0 Å². The number of amides is 1. The molecule has 1 spiro atoms. The molecule has 1 amide bonds. The Kier molecular flexibility index (Phi) is 6.55. The van der Waals surface area contributed by atoms with E-state index in [1.165, 1.54) is 12.8 Å². The second kappa shape index (κ2) is 10.2. The molecule has 1 aliphatic carbocycles. The van der Waals surface area contributed by atoms with Gasteiger partial charge in [-0.15, -0.1) is 0 Å². The van der Waals surface area contributed by atoms with Crippen LogP contribution in [0.15, 0.2) is 24.4 Å². The van der Waals surface area contributed by atoms with E-state index >= 15 is 4.39 Å². The number of morpholine rings is 1. The lowest BCUT2D eigenvalue weighted by atomic mass is 9.91. The van der Waals surface area contributed by atoms with Crippen LogP contribution in [0.4, 0.5) is 27.5 Å². The number of hydrogen-bond acceptors (Lipinski definition) is 8. The van der Waals surface area contributed by atoms with E-state index in [1.54, 1.807) is 6.07 Å². The Labute approximate surface area is 229 Å². The largest absolute Gasteiger partial charge is 0.379 e. The number of nitrogens with zero attached hydrogens (tertiary/aromatic N) is 5. The van der Waals surface area contributed by atoms with Crippen molar-refractivity contribution in [1.29, 1.82) is 0 Å². The molecule has 1 aromatic carbocycles. The molecule has 7 rings (SSSR count). The van der Waals surface area contributed by atoms with Crippen molar-refractivity contribution in [2.24, 2.45) is 0 Å². The van der Waals surface area contributed by atoms with Crippen molar-refractivity contribution in [2.75, 3.05) is 61.1 Å². The smallest absolute Gasteiger partial charge is 0.246 e. The second-order valence-corrected chi connectivity index (χ2v) is 11.7. The minimum Gasteiger partial charge on any atom is -0.379 e. The third-order valence-electron chi connectivity index (χ3n) is 9.52. The van der Waals surface area contributed by atoms with E-state index in [-0.39, 0.29) is 11.7 Å². The molecule has 9 nitrogen and oxygen atoms in total. The van der Waals surface area contributed by atoms with Gasteiger partial charge in [0, 0.05) is 68.7 Å². The molecule has 5 aliphatic rings. The quantitative estimate of drug-likeness (QED) is 0.604. The zero-order chi connectivity index (χ0) is 26.4. The normalized spacial score (nSPS) is 26.4. The van der Waals surface area contributed by atoms with E-state index < -0.39 is 5.54 Å². The molecule has 4 fully saturated rings. The van der Waals surface area contributed by atoms with Crippen LogP contribution in [0, 0.1) is 5.82 Å². The lowest BCUT2D eigenvalue weighted by Crippen LogP contribution is -2.56. The second-order valence-electron chi connectivity index (χ2n) is 11.7. The highest BCUT2D eigenvalue weighted by molar-refractivity contribution is 5.94. The van der Waals surface area contributed by atoms with Gasteiger partial charge in [-0.1, -0.05) is 12.8 Å². The number of anilines is 4. The highest BCUT2D eigenvalue weighted by atomic mass is 19.1. The van der Waals surface area contributed by atoms with E-state index in [9.17, 15) is 4.79 Å². The Morgan fingerprint density at radius 1 is 1.05 bits per heavy atom. The number of benzene rings is 1. The van der Waals surface area contributed by atoms with E-state index in [0.29, 0.717) is 42.4 Å². The van der Waals surface area contributed by atoms with Gasteiger partial charge in [0.05, 0.1) is 18.9 Å². The van der Waals surface area contributed by atoms with Crippen molar-refractivity contribution < 1.29 is 13.9 Å². The van der Waals surface area contributed by atoms with Gasteiger partial charge in [0.15, 0.2) is 0 Å². The van der Waals surface area contributed by atoms with Gasteiger partial charge in [0.1, 0.15) is 17.2 Å². The van der Waals surface area contributed by atoms with Crippen molar-refractivity contribution in [2.45, 2.75) is 69.0 Å². The van der Waals surface area contributed by atoms with Crippen LogP contribution < -0.4 is 20.4 Å². The van der Waals surface area contributed by atoms with Crippen LogP contribution in [0.1, 0.15) is 50.5 Å². The molecule has 4 aliphatic heterocycles. The summed E-state index contributed by atoms with van der Waals surface area (Å²) in [6, 6.07) is 6.19. The van der Waals surface area contributed by atoms with Gasteiger partial charge in [-0.25, -0.2) is 9.37 Å². The minimum absolute atomic E-state index is 0.105. The molecule has 39 heavy (non-hydrogen) atoms. The summed E-state index contributed by atoms with van der Waals surface area (Å²) in [6.45, 7) is 6.02. The number of rotatable bonds is 5. The zero-order valence-electron chi connectivity index (χ0n) is 22.5. The zero-order valence-corrected chi connectivity index (χ0v) is 22.5. The molecule has 1 unspecified atom stereocenters. The summed E-state index contributed by atoms with van der Waals surface area (Å²) in [5.74, 6) is 1.16. The number of piperidine rings is 1. The van der Waals surface area contributed by atoms with Gasteiger partial charge in [-0.3, -0.25) is 9.69 Å². The van der Waals surface area contributed by atoms with E-state index in [0.717, 1.165) is 82.9 Å². The van der Waals surface area contributed by atoms with Crippen molar-refractivity contribution in [3.63, 3.8) is 0 Å². The molecule has 2 aromatic rings. The fourth-order valence-corrected chi connectivity index (χ4v) is 7.52. The van der Waals surface area contributed by atoms with Crippen LogP contribution in [0.2, 0.25) is 0 Å². The summed E-state index contributed by atoms with van der Waals surface area (Å²) in [4.78, 5) is 29.5. The first-order valence-electron chi connectivity index (χ1n) is 14.7. The Balaban J connectivity index is 1.06. The number of ether oxygens (including phenoxy) is 1. The maximum atomic E-state index is 15.3. The Morgan fingerprint density at radius 2 is 1.85 bits per heavy atom. The van der Waals surface area contributed by atoms with Crippen LogP contribution in [0.25, 0.3) is 0 Å². The fourth-order valence-electron chi connectivity index (χ4n) is 7.52. The maximum Gasteiger partial charge on any atom is 0.246 e. The molecular formula is C29H38FN7O2. The van der Waals surface area contributed by atoms with Gasteiger partial charge in [-0.05, 0) is 50.3 Å². The molecule has 208 valence electrons. The highest BCUT2D eigenvalue weighted by Gasteiger charge is 2.55. The average Bonchev–Trinajstić information content (AvgIpc) is 3.69. The number of carbonyl (C=O) groups excluding carboxylic acids is 1. The molecule has 10 heteroatoms. The third kappa shape index (κ3) is 4.51. The average molecular weight is 536 g/mol. The maximum absolute atomic E-state index is 15.3. The van der Waals surface area contributed by atoms with E-state index in [4.69, 9.17) is 9.72 Å². The van der Waals surface area contributed by atoms with Crippen molar-refractivity contribution in [3.05, 3.63) is 35.8 Å². The number of halogens is 1. The molecule has 1 saturated carbocycles. The van der Waals surface area contributed by atoms with Gasteiger partial charge in [0.2, 0.25) is 11.9 Å². The summed E-state index contributed by atoms with van der Waals surface area (Å²) in [7, 11) is 0. The summed E-state index contributed by atoms with van der Waals surface area (Å²) in [5.41, 5.74) is 1.75. The summed E-state index contributed by atoms with van der Waals surface area (Å²) in [5, 5.41) is 6.28. The number of hydrogen-bond donors (Lipinski definition) is 2. The minimum atomic E-state index is -0.548. The van der Waals surface area contributed by atoms with E-state index in [2.05, 4.69) is 30.3 Å². The van der Waals surface area contributed by atoms with Crippen LogP contribution in [-0.4, -0.2) is 84.3 Å². The molecule has 2 N–H and O–H groups in total. The lowest BCUT2D eigenvalue weighted by molar-refractivity contribution is -0.123. The predicted molar refractivity (Wildman–Crippen MR) is 148 cm³/mol. The molecule has 1 atom stereocenters. The standard InChI is InChI=1S/C29H38FN7O2/c30-24-17-21(5-6-25(24)36-11-7-22(8-12-36)35-13-15-39-16-14-35)33-28-32-19-20-18-29(9-10-31-27(29)38)37(26(20)34-28)23-3-1-2-4-23/h5-6,17,19,22-23H,1-4,7-16,18H2,(H,31,38)(H,32,33,34). The van der Waals surface area contributed by atoms with Crippen LogP contribution in [0.3, 0.4) is 0 Å². The topological polar surface area (TPSA) is 85.9 Å². The summed E-state index contributed by atoms with van der Waals surface area (Å²) >= 11 is 0. The monoisotopic (exact) mass is 535 g/mol. The SMILES string of the molecule is O=C1NCCC12Cc1cnc(Nc3ccc(N4CCC(N5CCOCC5)CC4)c(F)c3)nc1N2C1CCCC1. The van der Waals surface area contributed by atoms with Crippen LogP contribution in [0.5, 0.6) is 0 Å². The number of carbonyl (C=O) groups is 1. The Bertz CT molecular complexity index is 1220. The molecular weight excluding hydrogens is 497 g/mol. The Morgan fingerprint density at radius 3 is 2.56 bits per heavy atom. The lowest BCUT2D eigenvalue weighted by Gasteiger charge is -2.40. The van der Waals surface area contributed by atoms with Crippen molar-refractivity contribution in [1.82, 2.24) is 20.2 Å². The van der Waals surface area contributed by atoms with Crippen LogP contribution >= 0.6 is 0 Å². The fraction of sp³-hybridized carbons (Fsp3) is 0.621. The van der Waals surface area contributed by atoms with Gasteiger partial charge >= 0.3 is 0 Å². The first-order valence-corrected chi connectivity index (χ1v) is 14.7. The van der Waals surface area contributed by atoms with Gasteiger partial charge in [-0.2, -0.15) is 4.98 Å². The highest BCUT2D eigenvalue weighted by Crippen LogP contribution is 2.46. The Hall–Kier alpha value is -2.98. The summed E-state index contributed by atoms with van der Waals surface area (Å²) in [6.07, 6.45) is 9.89. The first-order chi connectivity index (χ1) is 19.1. The van der Waals surface area contributed by atoms with Gasteiger partial charge in [0.25, 0.3) is 0 Å². The van der Waals surface area contributed by atoms with E-state index in [1.807, 2.05) is 18.3 Å². The first kappa shape index (κ1) is 25.0. The molecule has 1 aromatic heterocycles. The summed E-state index contributed by atoms with van der Waals surface area (Å²) < 4.78 is 20.8. The number of fused-ring (bicyclic) bond motifs is 1. The number of aromatic nitrogens is 2. The predicted octanol–water partition coefficient (Wildman–Crippen LogP) is 3.22. The van der Waals surface area contributed by atoms with Crippen molar-refractivity contribution >= 4 is 29.0 Å². The molecule has 5 heterocycles. The van der Waals surface area contributed by atoms with Gasteiger partial charge < -0.3 is 25.2 Å². The molecule has 0 bridgehead atoms.